The molecule has 0 saturated carbocycles. The van der Waals surface area contributed by atoms with E-state index >= 15 is 0 Å². The third kappa shape index (κ3) is 6.50. The fourth-order valence-corrected chi connectivity index (χ4v) is 2.17. The summed E-state index contributed by atoms with van der Waals surface area (Å²) >= 11 is 0. The van der Waals surface area contributed by atoms with Crippen molar-refractivity contribution < 1.29 is 9.47 Å². The fourth-order valence-electron chi connectivity index (χ4n) is 2.17. The van der Waals surface area contributed by atoms with Gasteiger partial charge in [-0.3, -0.25) is 5.32 Å². The maximum atomic E-state index is 9.17. The van der Waals surface area contributed by atoms with Crippen LogP contribution in [0.15, 0.2) is 24.3 Å². The summed E-state index contributed by atoms with van der Waals surface area (Å²) in [6.07, 6.45) is 2.73. The van der Waals surface area contributed by atoms with Crippen LogP contribution < -0.4 is 14.8 Å². The van der Waals surface area contributed by atoms with Crippen LogP contribution in [0.3, 0.4) is 0 Å². The van der Waals surface area contributed by atoms with Gasteiger partial charge in [0, 0.05) is 6.07 Å². The van der Waals surface area contributed by atoms with Crippen LogP contribution in [0.1, 0.15) is 40.0 Å². The van der Waals surface area contributed by atoms with E-state index in [4.69, 9.17) is 9.47 Å². The van der Waals surface area contributed by atoms with Crippen molar-refractivity contribution in [1.82, 2.24) is 5.32 Å². The Morgan fingerprint density at radius 2 is 1.90 bits per heavy atom. The maximum absolute atomic E-state index is 9.17. The zero-order valence-corrected chi connectivity index (χ0v) is 13.3. The van der Waals surface area contributed by atoms with Gasteiger partial charge in [-0.15, -0.1) is 0 Å². The number of hydrogen-bond acceptors (Lipinski definition) is 4. The van der Waals surface area contributed by atoms with E-state index in [1.807, 2.05) is 45.0 Å². The second-order valence-corrected chi connectivity index (χ2v) is 5.19. The van der Waals surface area contributed by atoms with E-state index in [9.17, 15) is 5.26 Å². The van der Waals surface area contributed by atoms with E-state index in [0.717, 1.165) is 37.3 Å². The van der Waals surface area contributed by atoms with Crippen molar-refractivity contribution in [2.75, 3.05) is 19.8 Å². The van der Waals surface area contributed by atoms with Crippen LogP contribution in [0.5, 0.6) is 11.5 Å². The molecule has 1 aromatic carbocycles. The predicted molar refractivity (Wildman–Crippen MR) is 84.7 cm³/mol. The molecule has 0 aliphatic rings. The lowest BCUT2D eigenvalue weighted by molar-refractivity contribution is 0.291. The number of nitrogens with one attached hydrogen (secondary N) is 1. The molecule has 0 amide bonds. The average Bonchev–Trinajstić information content (AvgIpc) is 2.48. The van der Waals surface area contributed by atoms with Crippen molar-refractivity contribution in [3.63, 3.8) is 0 Å². The molecule has 0 aliphatic carbocycles. The molecule has 0 radical (unpaired) electrons. The van der Waals surface area contributed by atoms with Crippen molar-refractivity contribution in [2.45, 2.75) is 45.6 Å². The summed E-state index contributed by atoms with van der Waals surface area (Å²) in [5.41, 5.74) is -0.427. The van der Waals surface area contributed by atoms with Gasteiger partial charge in [-0.05, 0) is 51.8 Å². The SMILES string of the molecule is CCNC(C)(C#N)CCCCOc1cccc(OCC)c1. The molecular weight excluding hydrogens is 264 g/mol. The van der Waals surface area contributed by atoms with Crippen LogP contribution in [0.25, 0.3) is 0 Å². The van der Waals surface area contributed by atoms with Crippen molar-refractivity contribution in [1.29, 1.82) is 5.26 Å². The van der Waals surface area contributed by atoms with E-state index in [0.29, 0.717) is 13.2 Å². The molecule has 0 saturated heterocycles. The van der Waals surface area contributed by atoms with Gasteiger partial charge in [-0.25, -0.2) is 0 Å². The number of hydrogen-bond donors (Lipinski definition) is 1. The highest BCUT2D eigenvalue weighted by Gasteiger charge is 2.21. The van der Waals surface area contributed by atoms with Crippen LogP contribution in [-0.4, -0.2) is 25.3 Å². The molecular formula is C17H26N2O2. The monoisotopic (exact) mass is 290 g/mol. The van der Waals surface area contributed by atoms with Crippen molar-refractivity contribution in [3.05, 3.63) is 24.3 Å². The summed E-state index contributed by atoms with van der Waals surface area (Å²) in [5, 5.41) is 12.4. The van der Waals surface area contributed by atoms with Gasteiger partial charge < -0.3 is 9.47 Å². The standard InChI is InChI=1S/C17H26N2O2/c1-4-19-17(3,14-18)11-6-7-12-21-16-10-8-9-15(13-16)20-5-2/h8-10,13,19H,4-7,11-12H2,1-3H3. The highest BCUT2D eigenvalue weighted by atomic mass is 16.5. The quantitative estimate of drug-likeness (QED) is 0.670. The van der Waals surface area contributed by atoms with E-state index in [1.54, 1.807) is 0 Å². The summed E-state index contributed by atoms with van der Waals surface area (Å²) in [4.78, 5) is 0. The molecule has 1 aromatic rings. The highest BCUT2D eigenvalue weighted by Crippen LogP contribution is 2.20. The first-order valence-corrected chi connectivity index (χ1v) is 7.65. The van der Waals surface area contributed by atoms with Crippen LogP contribution in [0.4, 0.5) is 0 Å². The van der Waals surface area contributed by atoms with Crippen LogP contribution in [0, 0.1) is 11.3 Å². The topological polar surface area (TPSA) is 54.3 Å². The first kappa shape index (κ1) is 17.3. The van der Waals surface area contributed by atoms with E-state index in [1.165, 1.54) is 0 Å². The molecule has 0 aromatic heterocycles. The second-order valence-electron chi connectivity index (χ2n) is 5.19. The molecule has 1 rings (SSSR count). The number of rotatable bonds is 10. The Balaban J connectivity index is 2.28. The van der Waals surface area contributed by atoms with Gasteiger partial charge in [-0.1, -0.05) is 13.0 Å². The number of nitriles is 1. The minimum atomic E-state index is -0.427. The lowest BCUT2D eigenvalue weighted by Crippen LogP contribution is -2.40. The van der Waals surface area contributed by atoms with E-state index in [2.05, 4.69) is 11.4 Å². The van der Waals surface area contributed by atoms with Gasteiger partial charge in [0.2, 0.25) is 0 Å². The third-order valence-electron chi connectivity index (χ3n) is 3.27. The second kappa shape index (κ2) is 9.25. The minimum Gasteiger partial charge on any atom is -0.494 e. The lowest BCUT2D eigenvalue weighted by Gasteiger charge is -2.22. The number of ether oxygens (including phenoxy) is 2. The Labute approximate surface area is 128 Å². The normalized spacial score (nSPS) is 13.2. The smallest absolute Gasteiger partial charge is 0.122 e. The molecule has 0 spiro atoms. The molecule has 21 heavy (non-hydrogen) atoms. The summed E-state index contributed by atoms with van der Waals surface area (Å²) < 4.78 is 11.2. The lowest BCUT2D eigenvalue weighted by atomic mass is 9.97. The molecule has 116 valence electrons. The van der Waals surface area contributed by atoms with Gasteiger partial charge >= 0.3 is 0 Å². The Morgan fingerprint density at radius 3 is 2.52 bits per heavy atom. The number of benzene rings is 1. The Morgan fingerprint density at radius 1 is 1.19 bits per heavy atom. The van der Waals surface area contributed by atoms with Gasteiger partial charge in [0.05, 0.1) is 19.3 Å². The largest absolute Gasteiger partial charge is 0.494 e. The zero-order chi connectivity index (χ0) is 15.6. The Hall–Kier alpha value is -1.73. The van der Waals surface area contributed by atoms with Crippen molar-refractivity contribution >= 4 is 0 Å². The van der Waals surface area contributed by atoms with Crippen molar-refractivity contribution in [3.8, 4) is 17.6 Å². The molecule has 1 atom stereocenters. The highest BCUT2D eigenvalue weighted by molar-refractivity contribution is 5.32. The van der Waals surface area contributed by atoms with Gasteiger partial charge in [0.25, 0.3) is 0 Å². The van der Waals surface area contributed by atoms with E-state index < -0.39 is 5.54 Å². The summed E-state index contributed by atoms with van der Waals surface area (Å²) in [6, 6.07) is 10.0. The molecule has 4 heteroatoms. The maximum Gasteiger partial charge on any atom is 0.122 e. The molecule has 0 heterocycles. The minimum absolute atomic E-state index is 0.427. The van der Waals surface area contributed by atoms with Crippen LogP contribution in [-0.2, 0) is 0 Å². The van der Waals surface area contributed by atoms with Gasteiger partial charge in [0.1, 0.15) is 17.0 Å². The summed E-state index contributed by atoms with van der Waals surface area (Å²) in [5.74, 6) is 1.66. The van der Waals surface area contributed by atoms with Crippen LogP contribution in [0.2, 0.25) is 0 Å². The molecule has 0 aliphatic heterocycles. The molecule has 1 N–H and O–H groups in total. The van der Waals surface area contributed by atoms with Gasteiger partial charge in [0.15, 0.2) is 0 Å². The first-order valence-electron chi connectivity index (χ1n) is 7.65. The molecule has 1 unspecified atom stereocenters. The third-order valence-corrected chi connectivity index (χ3v) is 3.27. The molecule has 4 nitrogen and oxygen atoms in total. The Kier molecular flexibility index (Phi) is 7.63. The summed E-state index contributed by atoms with van der Waals surface area (Å²) in [7, 11) is 0. The summed E-state index contributed by atoms with van der Waals surface area (Å²) in [6.45, 7) is 8.05. The number of unbranched alkanes of at least 4 members (excludes halogenated alkanes) is 1. The van der Waals surface area contributed by atoms with Crippen molar-refractivity contribution in [2.24, 2.45) is 0 Å². The fraction of sp³-hybridized carbons (Fsp3) is 0.588. The predicted octanol–water partition coefficient (Wildman–Crippen LogP) is 3.53. The molecule has 0 fully saturated rings. The molecule has 0 bridgehead atoms. The van der Waals surface area contributed by atoms with Gasteiger partial charge in [-0.2, -0.15) is 5.26 Å². The Bertz CT molecular complexity index is 456. The zero-order valence-electron chi connectivity index (χ0n) is 13.3. The average molecular weight is 290 g/mol. The van der Waals surface area contributed by atoms with Crippen LogP contribution >= 0.6 is 0 Å². The number of nitrogens with zero attached hydrogens (tertiary/aromatic N) is 1. The first-order chi connectivity index (χ1) is 10.1. The van der Waals surface area contributed by atoms with E-state index in [-0.39, 0.29) is 0 Å².